The summed E-state index contributed by atoms with van der Waals surface area (Å²) < 4.78 is 4.37. The molecule has 0 aromatic heterocycles. The van der Waals surface area contributed by atoms with Crippen LogP contribution in [0.3, 0.4) is 0 Å². The van der Waals surface area contributed by atoms with Gasteiger partial charge in [-0.25, -0.2) is 0 Å². The summed E-state index contributed by atoms with van der Waals surface area (Å²) in [6.07, 6.45) is -0.284. The number of hydrogen-bond donors (Lipinski definition) is 2. The van der Waals surface area contributed by atoms with Gasteiger partial charge in [-0.2, -0.15) is 0 Å². The molecule has 4 nitrogen and oxygen atoms in total. The Labute approximate surface area is 93.0 Å². The van der Waals surface area contributed by atoms with Gasteiger partial charge in [0.2, 0.25) is 5.91 Å². The molecule has 0 radical (unpaired) electrons. The van der Waals surface area contributed by atoms with E-state index < -0.39 is 11.9 Å². The molecule has 0 aliphatic carbocycles. The Morgan fingerprint density at radius 3 is 2.80 bits per heavy atom. The van der Waals surface area contributed by atoms with Crippen molar-refractivity contribution in [1.82, 2.24) is 0 Å². The van der Waals surface area contributed by atoms with Crippen molar-refractivity contribution in [3.63, 3.8) is 0 Å². The van der Waals surface area contributed by atoms with Gasteiger partial charge < -0.3 is 10.1 Å². The van der Waals surface area contributed by atoms with Crippen LogP contribution in [0.2, 0.25) is 0 Å². The topological polar surface area (TPSA) is 55.4 Å². The van der Waals surface area contributed by atoms with Crippen LogP contribution < -0.4 is 5.32 Å². The highest BCUT2D eigenvalue weighted by Gasteiger charge is 2.09. The predicted molar refractivity (Wildman–Crippen MR) is 59.0 cm³/mol. The SMILES string of the molecule is COC(=O)CC(=O)Nc1cccc(S)c1. The van der Waals surface area contributed by atoms with Crippen LogP contribution in [-0.4, -0.2) is 19.0 Å². The fourth-order valence-electron chi connectivity index (χ4n) is 0.992. The van der Waals surface area contributed by atoms with Crippen molar-refractivity contribution in [3.05, 3.63) is 24.3 Å². The molecule has 0 saturated heterocycles. The Balaban J connectivity index is 2.55. The number of carbonyl (C=O) groups is 2. The van der Waals surface area contributed by atoms with Crippen LogP contribution in [0.15, 0.2) is 29.2 Å². The summed E-state index contributed by atoms with van der Waals surface area (Å²) in [7, 11) is 1.24. The monoisotopic (exact) mass is 225 g/mol. The van der Waals surface area contributed by atoms with E-state index in [0.29, 0.717) is 5.69 Å². The third kappa shape index (κ3) is 4.03. The molecular weight excluding hydrogens is 214 g/mol. The van der Waals surface area contributed by atoms with Gasteiger partial charge in [0.25, 0.3) is 0 Å². The Bertz CT molecular complexity index is 379. The largest absolute Gasteiger partial charge is 0.469 e. The Hall–Kier alpha value is -1.49. The highest BCUT2D eigenvalue weighted by molar-refractivity contribution is 7.80. The molecule has 1 N–H and O–H groups in total. The normalized spacial score (nSPS) is 9.47. The molecule has 0 unspecified atom stereocenters. The predicted octanol–water partition coefficient (Wildman–Crippen LogP) is 1.48. The lowest BCUT2D eigenvalue weighted by Crippen LogP contribution is -2.17. The number of benzene rings is 1. The average molecular weight is 225 g/mol. The zero-order valence-electron chi connectivity index (χ0n) is 8.19. The number of nitrogens with one attached hydrogen (secondary N) is 1. The molecule has 1 aromatic rings. The van der Waals surface area contributed by atoms with Gasteiger partial charge in [-0.05, 0) is 18.2 Å². The molecule has 80 valence electrons. The number of thiol groups is 1. The first-order chi connectivity index (χ1) is 7.11. The van der Waals surface area contributed by atoms with Gasteiger partial charge in [0.1, 0.15) is 6.42 Å². The third-order valence-corrected chi connectivity index (χ3v) is 1.94. The number of amides is 1. The summed E-state index contributed by atoms with van der Waals surface area (Å²) in [6, 6.07) is 6.96. The summed E-state index contributed by atoms with van der Waals surface area (Å²) in [5.41, 5.74) is 0.608. The number of ether oxygens (including phenoxy) is 1. The molecule has 0 spiro atoms. The lowest BCUT2D eigenvalue weighted by Gasteiger charge is -2.04. The second-order valence-electron chi connectivity index (χ2n) is 2.85. The van der Waals surface area contributed by atoms with Crippen molar-refractivity contribution in [3.8, 4) is 0 Å². The minimum Gasteiger partial charge on any atom is -0.469 e. The molecule has 0 aliphatic rings. The quantitative estimate of drug-likeness (QED) is 0.465. The van der Waals surface area contributed by atoms with Gasteiger partial charge in [-0.1, -0.05) is 6.07 Å². The fraction of sp³-hybridized carbons (Fsp3) is 0.200. The van der Waals surface area contributed by atoms with Crippen molar-refractivity contribution in [1.29, 1.82) is 0 Å². The highest BCUT2D eigenvalue weighted by atomic mass is 32.1. The molecule has 0 atom stereocenters. The van der Waals surface area contributed by atoms with E-state index in [0.717, 1.165) is 4.90 Å². The van der Waals surface area contributed by atoms with Crippen LogP contribution in [0.1, 0.15) is 6.42 Å². The van der Waals surface area contributed by atoms with Crippen molar-refractivity contribution < 1.29 is 14.3 Å². The van der Waals surface area contributed by atoms with Crippen molar-refractivity contribution in [2.24, 2.45) is 0 Å². The van der Waals surface area contributed by atoms with Crippen molar-refractivity contribution in [2.45, 2.75) is 11.3 Å². The average Bonchev–Trinajstić information content (AvgIpc) is 2.17. The molecule has 0 bridgehead atoms. The lowest BCUT2D eigenvalue weighted by atomic mass is 10.3. The second kappa shape index (κ2) is 5.41. The van der Waals surface area contributed by atoms with E-state index in [2.05, 4.69) is 22.7 Å². The molecule has 1 rings (SSSR count). The molecular formula is C10H11NO3S. The smallest absolute Gasteiger partial charge is 0.315 e. The van der Waals surface area contributed by atoms with Crippen LogP contribution in [0.25, 0.3) is 0 Å². The second-order valence-corrected chi connectivity index (χ2v) is 3.37. The van der Waals surface area contributed by atoms with Gasteiger partial charge >= 0.3 is 5.97 Å². The van der Waals surface area contributed by atoms with Crippen LogP contribution in [0, 0.1) is 0 Å². The summed E-state index contributed by atoms with van der Waals surface area (Å²) in [5, 5.41) is 2.56. The van der Waals surface area contributed by atoms with Gasteiger partial charge in [0.15, 0.2) is 0 Å². The highest BCUT2D eigenvalue weighted by Crippen LogP contribution is 2.13. The maximum Gasteiger partial charge on any atom is 0.315 e. The molecule has 1 amide bonds. The van der Waals surface area contributed by atoms with E-state index in [4.69, 9.17) is 0 Å². The van der Waals surface area contributed by atoms with Crippen LogP contribution in [0.5, 0.6) is 0 Å². The molecule has 0 aliphatic heterocycles. The first-order valence-corrected chi connectivity index (χ1v) is 4.72. The zero-order valence-corrected chi connectivity index (χ0v) is 9.08. The van der Waals surface area contributed by atoms with Crippen molar-refractivity contribution >= 4 is 30.2 Å². The minimum atomic E-state index is -0.561. The summed E-state index contributed by atoms with van der Waals surface area (Å²) in [4.78, 5) is 22.8. The number of anilines is 1. The van der Waals surface area contributed by atoms with Crippen LogP contribution in [0.4, 0.5) is 5.69 Å². The molecule has 1 aromatic carbocycles. The van der Waals surface area contributed by atoms with E-state index in [1.807, 2.05) is 0 Å². The number of esters is 1. The van der Waals surface area contributed by atoms with E-state index in [1.54, 1.807) is 24.3 Å². The maximum atomic E-state index is 11.3. The molecule has 15 heavy (non-hydrogen) atoms. The standard InChI is InChI=1S/C10H11NO3S/c1-14-10(13)6-9(12)11-7-3-2-4-8(15)5-7/h2-5,15H,6H2,1H3,(H,11,12). The zero-order chi connectivity index (χ0) is 11.3. The summed E-state index contributed by atoms with van der Waals surface area (Å²) in [6.45, 7) is 0. The van der Waals surface area contributed by atoms with Gasteiger partial charge in [0, 0.05) is 10.6 Å². The van der Waals surface area contributed by atoms with E-state index in [9.17, 15) is 9.59 Å². The van der Waals surface area contributed by atoms with Crippen LogP contribution >= 0.6 is 12.6 Å². The Morgan fingerprint density at radius 2 is 2.20 bits per heavy atom. The number of carbonyl (C=O) groups excluding carboxylic acids is 2. The lowest BCUT2D eigenvalue weighted by molar-refractivity contribution is -0.142. The van der Waals surface area contributed by atoms with E-state index in [-0.39, 0.29) is 6.42 Å². The maximum absolute atomic E-state index is 11.3. The minimum absolute atomic E-state index is 0.284. The Kier molecular flexibility index (Phi) is 4.17. The summed E-state index contributed by atoms with van der Waals surface area (Å²) >= 11 is 4.12. The number of methoxy groups -OCH3 is 1. The molecule has 0 heterocycles. The van der Waals surface area contributed by atoms with Gasteiger partial charge in [-0.3, -0.25) is 9.59 Å². The van der Waals surface area contributed by atoms with E-state index >= 15 is 0 Å². The van der Waals surface area contributed by atoms with Crippen LogP contribution in [-0.2, 0) is 14.3 Å². The number of rotatable bonds is 3. The van der Waals surface area contributed by atoms with Gasteiger partial charge in [-0.15, -0.1) is 12.6 Å². The molecule has 0 fully saturated rings. The first-order valence-electron chi connectivity index (χ1n) is 4.27. The summed E-state index contributed by atoms with van der Waals surface area (Å²) in [5.74, 6) is -0.963. The molecule has 5 heteroatoms. The first kappa shape index (κ1) is 11.6. The fourth-order valence-corrected chi connectivity index (χ4v) is 1.22. The van der Waals surface area contributed by atoms with Gasteiger partial charge in [0.05, 0.1) is 7.11 Å². The van der Waals surface area contributed by atoms with E-state index in [1.165, 1.54) is 7.11 Å². The molecule has 0 saturated carbocycles. The Morgan fingerprint density at radius 1 is 1.47 bits per heavy atom. The number of hydrogen-bond acceptors (Lipinski definition) is 4. The van der Waals surface area contributed by atoms with Crippen molar-refractivity contribution in [2.75, 3.05) is 12.4 Å². The third-order valence-electron chi connectivity index (χ3n) is 1.66.